The molecule has 220 valence electrons. The highest BCUT2D eigenvalue weighted by molar-refractivity contribution is 7.89. The molecule has 2 amide bonds. The van der Waals surface area contributed by atoms with Crippen LogP contribution >= 0.6 is 0 Å². The molecule has 2 atom stereocenters. The Balaban J connectivity index is 1.55. The van der Waals surface area contributed by atoms with E-state index in [-0.39, 0.29) is 30.3 Å². The number of urea groups is 1. The van der Waals surface area contributed by atoms with Crippen LogP contribution in [0.1, 0.15) is 18.9 Å². The molecule has 1 aromatic heterocycles. The highest BCUT2D eigenvalue weighted by atomic mass is 32.2. The molecule has 1 fully saturated rings. The Kier molecular flexibility index (Phi) is 10.1. The van der Waals surface area contributed by atoms with Crippen LogP contribution in [-0.2, 0) is 30.7 Å². The molecular weight excluding hydrogens is 550 g/mol. The standard InChI is InChI=1S/C28H35N5O7S/c1-4-38-27-23(18-26(34)40-27)32-41(36,37)25-11-10-20(31-28(35)30-14-15-33(2)3)17-24(25)39-16-12-19-7-5-9-22-21(19)8-6-13-29-22/h5-11,13,17,23,27,32H,4,12,14-16,18H2,1-3H3,(H2,30,31,35). The molecule has 1 saturated heterocycles. The lowest BCUT2D eigenvalue weighted by Gasteiger charge is -2.20. The number of aromatic nitrogens is 1. The number of esters is 1. The van der Waals surface area contributed by atoms with E-state index in [2.05, 4.69) is 20.3 Å². The van der Waals surface area contributed by atoms with Crippen molar-refractivity contribution >= 4 is 38.6 Å². The van der Waals surface area contributed by atoms with Crippen molar-refractivity contribution < 1.29 is 32.2 Å². The number of rotatable bonds is 13. The zero-order chi connectivity index (χ0) is 29.4. The topological polar surface area (TPSA) is 148 Å². The van der Waals surface area contributed by atoms with Crippen LogP contribution in [0.15, 0.2) is 59.6 Å². The average Bonchev–Trinajstić information content (AvgIpc) is 3.26. The largest absolute Gasteiger partial charge is 0.492 e. The molecule has 0 aliphatic carbocycles. The van der Waals surface area contributed by atoms with Gasteiger partial charge < -0.3 is 29.7 Å². The predicted molar refractivity (Wildman–Crippen MR) is 153 cm³/mol. The van der Waals surface area contributed by atoms with Gasteiger partial charge in [-0.25, -0.2) is 17.9 Å². The summed E-state index contributed by atoms with van der Waals surface area (Å²) in [6.07, 6.45) is 1.01. The second kappa shape index (κ2) is 13.7. The van der Waals surface area contributed by atoms with E-state index in [4.69, 9.17) is 14.2 Å². The number of ether oxygens (including phenoxy) is 3. The van der Waals surface area contributed by atoms with Crippen molar-refractivity contribution in [2.75, 3.05) is 45.7 Å². The number of sulfonamides is 1. The van der Waals surface area contributed by atoms with Crippen molar-refractivity contribution in [2.45, 2.75) is 37.0 Å². The second-order valence-electron chi connectivity index (χ2n) is 9.68. The lowest BCUT2D eigenvalue weighted by atomic mass is 10.1. The summed E-state index contributed by atoms with van der Waals surface area (Å²) in [6.45, 7) is 3.21. The molecule has 0 saturated carbocycles. The molecule has 0 spiro atoms. The molecule has 2 aromatic carbocycles. The molecule has 1 aliphatic rings. The summed E-state index contributed by atoms with van der Waals surface area (Å²) in [7, 11) is -0.382. The lowest BCUT2D eigenvalue weighted by Crippen LogP contribution is -2.41. The van der Waals surface area contributed by atoms with Crippen LogP contribution in [0.25, 0.3) is 10.9 Å². The minimum absolute atomic E-state index is 0.0418. The number of hydrogen-bond acceptors (Lipinski definition) is 9. The van der Waals surface area contributed by atoms with Crippen LogP contribution in [0.4, 0.5) is 10.5 Å². The number of cyclic esters (lactones) is 1. The minimum Gasteiger partial charge on any atom is -0.492 e. The fourth-order valence-electron chi connectivity index (χ4n) is 4.35. The van der Waals surface area contributed by atoms with E-state index in [9.17, 15) is 18.0 Å². The number of benzene rings is 2. The summed E-state index contributed by atoms with van der Waals surface area (Å²) in [6, 6.07) is 12.6. The fraction of sp³-hybridized carbons (Fsp3) is 0.393. The van der Waals surface area contributed by atoms with Gasteiger partial charge in [0, 0.05) is 49.5 Å². The molecule has 0 bridgehead atoms. The van der Waals surface area contributed by atoms with Crippen molar-refractivity contribution in [3.8, 4) is 5.75 Å². The van der Waals surface area contributed by atoms with Crippen LogP contribution in [0.2, 0.25) is 0 Å². The maximum absolute atomic E-state index is 13.5. The van der Waals surface area contributed by atoms with Crippen LogP contribution in [-0.4, -0.2) is 83.0 Å². The first kappa shape index (κ1) is 30.2. The van der Waals surface area contributed by atoms with Crippen LogP contribution in [0, 0.1) is 0 Å². The second-order valence-corrected chi connectivity index (χ2v) is 11.4. The van der Waals surface area contributed by atoms with Gasteiger partial charge in [0.2, 0.25) is 16.3 Å². The summed E-state index contributed by atoms with van der Waals surface area (Å²) >= 11 is 0. The SMILES string of the molecule is CCOC1OC(=O)CC1NS(=O)(=O)c1ccc(NC(=O)NCCN(C)C)cc1OCCc1cccc2ncccc12. The van der Waals surface area contributed by atoms with Gasteiger partial charge in [0.1, 0.15) is 10.6 Å². The fourth-order valence-corrected chi connectivity index (χ4v) is 5.70. The van der Waals surface area contributed by atoms with Gasteiger partial charge >= 0.3 is 12.0 Å². The number of nitrogens with zero attached hydrogens (tertiary/aromatic N) is 2. The third-order valence-electron chi connectivity index (χ3n) is 6.30. The molecule has 41 heavy (non-hydrogen) atoms. The number of amides is 2. The van der Waals surface area contributed by atoms with E-state index in [0.717, 1.165) is 16.5 Å². The number of hydrogen-bond donors (Lipinski definition) is 3. The number of carbonyl (C=O) groups excluding carboxylic acids is 2. The minimum atomic E-state index is -4.18. The Morgan fingerprint density at radius 1 is 1.17 bits per heavy atom. The highest BCUT2D eigenvalue weighted by Crippen LogP contribution is 2.30. The Morgan fingerprint density at radius 2 is 2.00 bits per heavy atom. The maximum atomic E-state index is 13.5. The van der Waals surface area contributed by atoms with Crippen molar-refractivity contribution in [3.63, 3.8) is 0 Å². The summed E-state index contributed by atoms with van der Waals surface area (Å²) in [4.78, 5) is 30.4. The van der Waals surface area contributed by atoms with E-state index in [0.29, 0.717) is 25.2 Å². The molecule has 1 aliphatic heterocycles. The zero-order valence-corrected chi connectivity index (χ0v) is 24.1. The predicted octanol–water partition coefficient (Wildman–Crippen LogP) is 2.50. The number of anilines is 1. The van der Waals surface area contributed by atoms with Gasteiger partial charge in [-0.2, -0.15) is 0 Å². The number of likely N-dealkylation sites (N-methyl/N-ethyl adjacent to an activating group) is 1. The summed E-state index contributed by atoms with van der Waals surface area (Å²) < 4.78 is 46.0. The van der Waals surface area contributed by atoms with Crippen LogP contribution in [0.3, 0.4) is 0 Å². The van der Waals surface area contributed by atoms with Gasteiger partial charge in [-0.1, -0.05) is 18.2 Å². The van der Waals surface area contributed by atoms with Gasteiger partial charge in [0.05, 0.1) is 24.6 Å². The normalized spacial score (nSPS) is 17.0. The number of nitrogens with one attached hydrogen (secondary N) is 3. The van der Waals surface area contributed by atoms with Gasteiger partial charge in [0.25, 0.3) is 0 Å². The third kappa shape index (κ3) is 8.13. The number of pyridine rings is 1. The van der Waals surface area contributed by atoms with E-state index >= 15 is 0 Å². The quantitative estimate of drug-likeness (QED) is 0.257. The monoisotopic (exact) mass is 585 g/mol. The lowest BCUT2D eigenvalue weighted by molar-refractivity contribution is -0.163. The molecule has 2 heterocycles. The van der Waals surface area contributed by atoms with Gasteiger partial charge in [-0.05, 0) is 50.8 Å². The Morgan fingerprint density at radius 3 is 2.78 bits per heavy atom. The first-order chi connectivity index (χ1) is 19.7. The van der Waals surface area contributed by atoms with Gasteiger partial charge in [0.15, 0.2) is 0 Å². The maximum Gasteiger partial charge on any atom is 0.319 e. The molecule has 12 nitrogen and oxygen atoms in total. The molecule has 4 rings (SSSR count). The molecule has 0 radical (unpaired) electrons. The first-order valence-corrected chi connectivity index (χ1v) is 14.8. The Bertz CT molecular complexity index is 1480. The molecule has 3 aromatic rings. The summed E-state index contributed by atoms with van der Waals surface area (Å²) in [5, 5.41) is 6.44. The average molecular weight is 586 g/mol. The number of fused-ring (bicyclic) bond motifs is 1. The van der Waals surface area contributed by atoms with Gasteiger partial charge in [-0.15, -0.1) is 0 Å². The van der Waals surface area contributed by atoms with Crippen molar-refractivity contribution in [1.29, 1.82) is 0 Å². The van der Waals surface area contributed by atoms with Gasteiger partial charge in [-0.3, -0.25) is 9.78 Å². The zero-order valence-electron chi connectivity index (χ0n) is 23.3. The third-order valence-corrected chi connectivity index (χ3v) is 7.83. The van der Waals surface area contributed by atoms with Crippen molar-refractivity contribution in [1.82, 2.24) is 19.9 Å². The number of carbonyl (C=O) groups is 2. The Hall–Kier alpha value is -3.78. The summed E-state index contributed by atoms with van der Waals surface area (Å²) in [5.74, 6) is -0.516. The van der Waals surface area contributed by atoms with Crippen LogP contribution < -0.4 is 20.1 Å². The first-order valence-electron chi connectivity index (χ1n) is 13.3. The van der Waals surface area contributed by atoms with E-state index in [1.807, 2.05) is 49.3 Å². The smallest absolute Gasteiger partial charge is 0.319 e. The highest BCUT2D eigenvalue weighted by Gasteiger charge is 2.39. The van der Waals surface area contributed by atoms with E-state index in [1.165, 1.54) is 18.2 Å². The van der Waals surface area contributed by atoms with Crippen LogP contribution in [0.5, 0.6) is 5.75 Å². The Labute approximate surface area is 239 Å². The molecule has 3 N–H and O–H groups in total. The van der Waals surface area contributed by atoms with Crippen molar-refractivity contribution in [2.24, 2.45) is 0 Å². The summed E-state index contributed by atoms with van der Waals surface area (Å²) in [5.41, 5.74) is 2.19. The van der Waals surface area contributed by atoms with Crippen molar-refractivity contribution in [3.05, 3.63) is 60.3 Å². The van der Waals surface area contributed by atoms with E-state index in [1.54, 1.807) is 13.1 Å². The van der Waals surface area contributed by atoms with E-state index < -0.39 is 34.4 Å². The molecular formula is C28H35N5O7S. The molecule has 2 unspecified atom stereocenters. The molecule has 13 heteroatoms.